The summed E-state index contributed by atoms with van der Waals surface area (Å²) in [6.45, 7) is 8.03. The standard InChI is InChI=1S/C22H39NO11/c1-6-9(3)17-13(23-11(5)25)18(14(26)12(8-24)32-17)33-22-16(28)15(27)19(31-10(4)7-2)20(34-22)21(29)30/h9-10,12-20,22,24,26-28H,6-8H2,1-5H3,(H,23,25)(H,29,30)/t9?,10-,12?,13?,14?,15?,16?,17-,18?,19?,20?,22?/m1/s1. The van der Waals surface area contributed by atoms with E-state index in [0.29, 0.717) is 12.8 Å². The van der Waals surface area contributed by atoms with E-state index in [2.05, 4.69) is 5.32 Å². The van der Waals surface area contributed by atoms with Crippen LogP contribution in [0.3, 0.4) is 0 Å². The maximum Gasteiger partial charge on any atom is 0.335 e. The summed E-state index contributed by atoms with van der Waals surface area (Å²) in [5, 5.41) is 54.3. The molecule has 34 heavy (non-hydrogen) atoms. The Morgan fingerprint density at radius 2 is 1.65 bits per heavy atom. The zero-order valence-corrected chi connectivity index (χ0v) is 20.2. The fourth-order valence-electron chi connectivity index (χ4n) is 4.23. The third-order valence-electron chi connectivity index (χ3n) is 6.56. The lowest BCUT2D eigenvalue weighted by atomic mass is 9.85. The summed E-state index contributed by atoms with van der Waals surface area (Å²) < 4.78 is 22.8. The van der Waals surface area contributed by atoms with Gasteiger partial charge < -0.3 is 49.8 Å². The summed E-state index contributed by atoms with van der Waals surface area (Å²) in [7, 11) is 0. The summed E-state index contributed by atoms with van der Waals surface area (Å²) >= 11 is 0. The molecule has 0 aromatic carbocycles. The van der Waals surface area contributed by atoms with Crippen molar-refractivity contribution < 1.29 is 54.1 Å². The fraction of sp³-hybridized carbons (Fsp3) is 0.909. The minimum Gasteiger partial charge on any atom is -0.479 e. The molecular formula is C22H39NO11. The molecule has 0 radical (unpaired) electrons. The first-order valence-corrected chi connectivity index (χ1v) is 11.7. The Labute approximate surface area is 199 Å². The number of aliphatic hydroxyl groups is 4. The van der Waals surface area contributed by atoms with E-state index in [1.165, 1.54) is 6.92 Å². The van der Waals surface area contributed by atoms with Crippen LogP contribution in [0.15, 0.2) is 0 Å². The van der Waals surface area contributed by atoms with Crippen LogP contribution in [0.5, 0.6) is 0 Å². The maximum atomic E-state index is 11.9. The van der Waals surface area contributed by atoms with Crippen LogP contribution < -0.4 is 5.32 Å². The van der Waals surface area contributed by atoms with Crippen molar-refractivity contribution in [1.82, 2.24) is 5.32 Å². The average Bonchev–Trinajstić information content (AvgIpc) is 2.79. The molecule has 6 N–H and O–H groups in total. The van der Waals surface area contributed by atoms with Crippen molar-refractivity contribution in [2.75, 3.05) is 6.61 Å². The number of amides is 1. The molecule has 0 aromatic heterocycles. The van der Waals surface area contributed by atoms with Crippen molar-refractivity contribution in [3.63, 3.8) is 0 Å². The number of nitrogens with one attached hydrogen (secondary N) is 1. The van der Waals surface area contributed by atoms with Gasteiger partial charge in [-0.15, -0.1) is 0 Å². The Hall–Kier alpha value is -1.38. The molecule has 2 heterocycles. The van der Waals surface area contributed by atoms with E-state index in [1.54, 1.807) is 6.92 Å². The minimum absolute atomic E-state index is 0.118. The Kier molecular flexibility index (Phi) is 10.6. The van der Waals surface area contributed by atoms with Gasteiger partial charge >= 0.3 is 5.97 Å². The van der Waals surface area contributed by atoms with Crippen LogP contribution in [-0.2, 0) is 28.5 Å². The highest BCUT2D eigenvalue weighted by atomic mass is 16.7. The van der Waals surface area contributed by atoms with E-state index in [4.69, 9.17) is 18.9 Å². The van der Waals surface area contributed by atoms with Crippen molar-refractivity contribution in [1.29, 1.82) is 0 Å². The molecule has 198 valence electrons. The number of rotatable bonds is 10. The molecule has 12 atom stereocenters. The predicted molar refractivity (Wildman–Crippen MR) is 117 cm³/mol. The van der Waals surface area contributed by atoms with Gasteiger partial charge in [0.2, 0.25) is 5.91 Å². The maximum absolute atomic E-state index is 11.9. The van der Waals surface area contributed by atoms with Crippen LogP contribution in [0, 0.1) is 5.92 Å². The summed E-state index contributed by atoms with van der Waals surface area (Å²) in [5.74, 6) is -1.97. The van der Waals surface area contributed by atoms with Gasteiger partial charge in [0.1, 0.15) is 36.6 Å². The quantitative estimate of drug-likeness (QED) is 0.214. The third-order valence-corrected chi connectivity index (χ3v) is 6.56. The lowest BCUT2D eigenvalue weighted by molar-refractivity contribution is -0.333. The summed E-state index contributed by atoms with van der Waals surface area (Å²) in [6, 6.07) is -0.907. The van der Waals surface area contributed by atoms with Crippen molar-refractivity contribution >= 4 is 11.9 Å². The molecule has 2 aliphatic rings. The monoisotopic (exact) mass is 493 g/mol. The molecule has 2 fully saturated rings. The Balaban J connectivity index is 2.35. The Bertz CT molecular complexity index is 679. The smallest absolute Gasteiger partial charge is 0.335 e. The lowest BCUT2D eigenvalue weighted by Gasteiger charge is -2.49. The number of carboxylic acids is 1. The molecule has 0 bridgehead atoms. The van der Waals surface area contributed by atoms with Crippen LogP contribution in [0.4, 0.5) is 0 Å². The molecule has 10 unspecified atom stereocenters. The zero-order chi connectivity index (χ0) is 25.7. The van der Waals surface area contributed by atoms with Gasteiger partial charge in [-0.2, -0.15) is 0 Å². The molecule has 1 amide bonds. The van der Waals surface area contributed by atoms with Crippen LogP contribution in [0.2, 0.25) is 0 Å². The summed E-state index contributed by atoms with van der Waals surface area (Å²) in [6.07, 6.45) is -11.7. The van der Waals surface area contributed by atoms with Gasteiger partial charge in [0.15, 0.2) is 12.4 Å². The number of carboxylic acid groups (broad SMARTS) is 1. The molecule has 2 rings (SSSR count). The van der Waals surface area contributed by atoms with Crippen LogP contribution >= 0.6 is 0 Å². The molecule has 0 aliphatic carbocycles. The number of hydrogen-bond acceptors (Lipinski definition) is 10. The predicted octanol–water partition coefficient (Wildman–Crippen LogP) is -1.24. The number of carbonyl (C=O) groups excluding carboxylic acids is 1. The Morgan fingerprint density at radius 1 is 1.00 bits per heavy atom. The van der Waals surface area contributed by atoms with E-state index in [0.717, 1.165) is 0 Å². The average molecular weight is 494 g/mol. The van der Waals surface area contributed by atoms with E-state index >= 15 is 0 Å². The number of aliphatic hydroxyl groups excluding tert-OH is 4. The largest absolute Gasteiger partial charge is 0.479 e. The number of carbonyl (C=O) groups is 2. The summed E-state index contributed by atoms with van der Waals surface area (Å²) in [5.41, 5.74) is 0. The number of hydrogen-bond donors (Lipinski definition) is 6. The van der Waals surface area contributed by atoms with Gasteiger partial charge in [0, 0.05) is 6.92 Å². The molecule has 12 nitrogen and oxygen atoms in total. The minimum atomic E-state index is -1.72. The fourth-order valence-corrected chi connectivity index (χ4v) is 4.23. The molecule has 0 saturated carbocycles. The van der Waals surface area contributed by atoms with E-state index < -0.39 is 85.8 Å². The molecule has 2 aliphatic heterocycles. The molecule has 12 heteroatoms. The van der Waals surface area contributed by atoms with E-state index in [9.17, 15) is 35.1 Å². The second kappa shape index (κ2) is 12.5. The van der Waals surface area contributed by atoms with Gasteiger partial charge in [-0.25, -0.2) is 4.79 Å². The van der Waals surface area contributed by atoms with Gasteiger partial charge in [-0.3, -0.25) is 4.79 Å². The molecule has 2 saturated heterocycles. The van der Waals surface area contributed by atoms with E-state index in [1.807, 2.05) is 20.8 Å². The number of ether oxygens (including phenoxy) is 4. The summed E-state index contributed by atoms with van der Waals surface area (Å²) in [4.78, 5) is 23.8. The van der Waals surface area contributed by atoms with Crippen molar-refractivity contribution in [3.05, 3.63) is 0 Å². The normalized spacial score (nSPS) is 40.4. The first-order valence-electron chi connectivity index (χ1n) is 11.7. The van der Waals surface area contributed by atoms with Crippen LogP contribution in [0.1, 0.15) is 47.5 Å². The van der Waals surface area contributed by atoms with Gasteiger partial charge in [-0.1, -0.05) is 27.2 Å². The first kappa shape index (κ1) is 28.9. The third kappa shape index (κ3) is 6.43. The van der Waals surface area contributed by atoms with Crippen LogP contribution in [0.25, 0.3) is 0 Å². The van der Waals surface area contributed by atoms with Gasteiger partial charge in [-0.05, 0) is 19.3 Å². The second-order valence-electron chi connectivity index (χ2n) is 9.09. The van der Waals surface area contributed by atoms with Crippen LogP contribution in [-0.4, -0.2) is 111 Å². The second-order valence-corrected chi connectivity index (χ2v) is 9.09. The highest BCUT2D eigenvalue weighted by Crippen LogP contribution is 2.33. The SMILES string of the molecule is CCC(C)[C@H]1OC(CO)C(O)C(OC2OC(C(=O)O)C(O[C@H](C)CC)C(O)C2O)C1NC(C)=O. The number of aliphatic carboxylic acids is 1. The first-order chi connectivity index (χ1) is 16.0. The molecule has 0 aromatic rings. The van der Waals surface area contributed by atoms with Gasteiger partial charge in [0.05, 0.1) is 24.9 Å². The Morgan fingerprint density at radius 3 is 2.15 bits per heavy atom. The van der Waals surface area contributed by atoms with Crippen molar-refractivity contribution in [3.8, 4) is 0 Å². The highest BCUT2D eigenvalue weighted by Gasteiger charge is 2.53. The van der Waals surface area contributed by atoms with Gasteiger partial charge in [0.25, 0.3) is 0 Å². The lowest BCUT2D eigenvalue weighted by Crippen LogP contribution is -2.69. The molecule has 0 spiro atoms. The van der Waals surface area contributed by atoms with Crippen molar-refractivity contribution in [2.45, 2.75) is 115 Å². The highest BCUT2D eigenvalue weighted by molar-refractivity contribution is 5.74. The van der Waals surface area contributed by atoms with E-state index in [-0.39, 0.29) is 5.92 Å². The molecular weight excluding hydrogens is 454 g/mol. The zero-order valence-electron chi connectivity index (χ0n) is 20.2. The topological polar surface area (TPSA) is 184 Å². The van der Waals surface area contributed by atoms with Crippen molar-refractivity contribution in [2.24, 2.45) is 5.92 Å².